The van der Waals surface area contributed by atoms with Gasteiger partial charge in [-0.25, -0.2) is 9.78 Å². The van der Waals surface area contributed by atoms with Crippen LogP contribution >= 0.6 is 12.4 Å². The van der Waals surface area contributed by atoms with Gasteiger partial charge in [-0.2, -0.15) is 9.97 Å². The fraction of sp³-hybridized carbons (Fsp3) is 0.457. The van der Waals surface area contributed by atoms with E-state index < -0.39 is 30.4 Å². The van der Waals surface area contributed by atoms with Crippen molar-refractivity contribution < 1.29 is 24.5 Å². The number of ether oxygens (including phenoxy) is 1. The smallest absolute Gasteiger partial charge is 0.315 e. The van der Waals surface area contributed by atoms with Crippen LogP contribution in [0.1, 0.15) is 43.0 Å². The number of hydrogen-bond acceptors (Lipinski definition) is 11. The lowest BCUT2D eigenvalue weighted by Gasteiger charge is -2.22. The van der Waals surface area contributed by atoms with Crippen LogP contribution in [0.25, 0.3) is 11.2 Å². The van der Waals surface area contributed by atoms with Crippen molar-refractivity contribution in [1.82, 2.24) is 40.8 Å². The molecule has 4 aromatic rings. The Kier molecular flexibility index (Phi) is 11.5. The number of imidazole rings is 1. The molecule has 3 aliphatic rings. The van der Waals surface area contributed by atoms with Crippen molar-refractivity contribution in [3.05, 3.63) is 78.1 Å². The number of hydrogen-bond donors (Lipinski definition) is 7. The molecule has 3 saturated heterocycles. The van der Waals surface area contributed by atoms with E-state index in [9.17, 15) is 19.8 Å². The van der Waals surface area contributed by atoms with Gasteiger partial charge >= 0.3 is 6.03 Å². The Morgan fingerprint density at radius 3 is 2.35 bits per heavy atom. The van der Waals surface area contributed by atoms with Gasteiger partial charge in [-0.05, 0) is 37.4 Å². The van der Waals surface area contributed by atoms with Crippen LogP contribution in [0.2, 0.25) is 0 Å². The Hall–Kier alpha value is -4.54. The van der Waals surface area contributed by atoms with Gasteiger partial charge in [0.1, 0.15) is 12.2 Å². The van der Waals surface area contributed by atoms with Crippen molar-refractivity contribution in [2.75, 3.05) is 49.5 Å². The number of halogens is 1. The molecule has 1 unspecified atom stereocenters. The third-order valence-electron chi connectivity index (χ3n) is 9.61. The van der Waals surface area contributed by atoms with Crippen molar-refractivity contribution in [3.8, 4) is 0 Å². The van der Waals surface area contributed by atoms with Crippen LogP contribution in [0.15, 0.2) is 67.0 Å². The number of carbonyl (C=O) groups is 2. The Morgan fingerprint density at radius 2 is 1.69 bits per heavy atom. The number of nitrogens with zero attached hydrogens (tertiary/aromatic N) is 5. The predicted molar refractivity (Wildman–Crippen MR) is 194 cm³/mol. The average molecular weight is 721 g/mol. The van der Waals surface area contributed by atoms with Gasteiger partial charge in [0.2, 0.25) is 5.95 Å². The Labute approximate surface area is 302 Å². The summed E-state index contributed by atoms with van der Waals surface area (Å²) in [6.07, 6.45) is -2.16. The molecule has 15 nitrogen and oxygen atoms in total. The molecule has 0 bridgehead atoms. The first kappa shape index (κ1) is 36.3. The van der Waals surface area contributed by atoms with Gasteiger partial charge in [-0.15, -0.1) is 12.4 Å². The van der Waals surface area contributed by atoms with Gasteiger partial charge in [-0.3, -0.25) is 9.36 Å². The summed E-state index contributed by atoms with van der Waals surface area (Å²) >= 11 is 0. The molecular formula is C35H45ClN10O5. The molecule has 16 heteroatoms. The number of fused-ring (bicyclic) bond motifs is 1. The number of anilines is 2. The molecule has 272 valence electrons. The molecule has 0 saturated carbocycles. The second kappa shape index (κ2) is 16.2. The monoisotopic (exact) mass is 720 g/mol. The largest absolute Gasteiger partial charge is 0.387 e. The standard InChI is InChI=1S/C35H44N10O5.ClH/c1-2-37-32(48)29-27(46)28(47)33(50-29)45-20-39-26-30(38-18-25(21-9-5-3-6-10-21)22-11-7-4-8-12-22)42-34(43-31(26)45)44-16-14-24(19-44)41-35(49)40-23-13-15-36-17-23;/h3-12,20,23-25,27-29,33,36,46-47H,2,13-19H2,1H3,(H,37,48)(H,38,42,43)(H2,40,41,49);1H/t23?,24-,27+,28-,29+,33-;/m1./s1. The maximum Gasteiger partial charge on any atom is 0.315 e. The fourth-order valence-corrected chi connectivity index (χ4v) is 6.98. The van der Waals surface area contributed by atoms with Crippen molar-refractivity contribution >= 4 is 47.3 Å². The molecule has 7 N–H and O–H groups in total. The van der Waals surface area contributed by atoms with Gasteiger partial charge in [0.15, 0.2) is 29.3 Å². The Bertz CT molecular complexity index is 1740. The van der Waals surface area contributed by atoms with Crippen LogP contribution in [-0.4, -0.2) is 111 Å². The lowest BCUT2D eigenvalue weighted by molar-refractivity contribution is -0.137. The minimum absolute atomic E-state index is 0. The molecule has 0 spiro atoms. The maximum absolute atomic E-state index is 12.7. The SMILES string of the molecule is CCNC(=O)[C@H]1O[C@@H](n2cnc3c(NCC(c4ccccc4)c4ccccc4)nc(N4CC[C@@H](NC(=O)NC5CCNC5)C4)nc32)[C@H](O)[C@@H]1O.Cl. The van der Waals surface area contributed by atoms with Crippen LogP contribution in [0.3, 0.4) is 0 Å². The van der Waals surface area contributed by atoms with Crippen molar-refractivity contribution in [1.29, 1.82) is 0 Å². The molecule has 3 aliphatic heterocycles. The van der Waals surface area contributed by atoms with Gasteiger partial charge in [0.25, 0.3) is 5.91 Å². The molecule has 0 aliphatic carbocycles. The van der Waals surface area contributed by atoms with Crippen molar-refractivity contribution in [3.63, 3.8) is 0 Å². The van der Waals surface area contributed by atoms with E-state index in [1.165, 1.54) is 6.33 Å². The number of aliphatic hydroxyl groups excluding tert-OH is 2. The molecule has 51 heavy (non-hydrogen) atoms. The van der Waals surface area contributed by atoms with E-state index >= 15 is 0 Å². The maximum atomic E-state index is 12.7. The zero-order valence-electron chi connectivity index (χ0n) is 28.3. The van der Waals surface area contributed by atoms with Gasteiger partial charge in [-0.1, -0.05) is 60.7 Å². The predicted octanol–water partition coefficient (Wildman–Crippen LogP) is 1.49. The Balaban J connectivity index is 0.00000448. The number of rotatable bonds is 11. The number of aromatic nitrogens is 4. The van der Waals surface area contributed by atoms with Crippen LogP contribution in [0.5, 0.6) is 0 Å². The molecule has 3 amide bonds. The number of benzene rings is 2. The van der Waals surface area contributed by atoms with E-state index in [2.05, 4.69) is 55.8 Å². The molecule has 3 fully saturated rings. The topological polar surface area (TPSA) is 191 Å². The van der Waals surface area contributed by atoms with E-state index in [-0.39, 0.29) is 36.4 Å². The molecule has 2 aromatic heterocycles. The summed E-state index contributed by atoms with van der Waals surface area (Å²) in [4.78, 5) is 41.9. The highest BCUT2D eigenvalue weighted by atomic mass is 35.5. The van der Waals surface area contributed by atoms with Crippen molar-refractivity contribution in [2.45, 2.75) is 62.3 Å². The van der Waals surface area contributed by atoms with Crippen molar-refractivity contribution in [2.24, 2.45) is 0 Å². The number of nitrogens with one attached hydrogen (secondary N) is 5. The highest BCUT2D eigenvalue weighted by Crippen LogP contribution is 2.34. The molecule has 2 aromatic carbocycles. The quantitative estimate of drug-likeness (QED) is 0.119. The second-order valence-corrected chi connectivity index (χ2v) is 13.0. The summed E-state index contributed by atoms with van der Waals surface area (Å²) in [5.74, 6) is 0.378. The van der Waals surface area contributed by atoms with E-state index in [1.807, 2.05) is 41.3 Å². The van der Waals surface area contributed by atoms with Crippen LogP contribution in [-0.2, 0) is 9.53 Å². The summed E-state index contributed by atoms with van der Waals surface area (Å²) in [5.41, 5.74) is 3.08. The lowest BCUT2D eigenvalue weighted by Crippen LogP contribution is -2.47. The molecule has 5 heterocycles. The second-order valence-electron chi connectivity index (χ2n) is 13.0. The summed E-state index contributed by atoms with van der Waals surface area (Å²) in [7, 11) is 0. The summed E-state index contributed by atoms with van der Waals surface area (Å²) in [6, 6.07) is 20.3. The molecule has 7 rings (SSSR count). The van der Waals surface area contributed by atoms with Gasteiger partial charge < -0.3 is 46.4 Å². The number of amides is 3. The first-order valence-corrected chi connectivity index (χ1v) is 17.3. The number of carbonyl (C=O) groups excluding carboxylic acids is 2. The van der Waals surface area contributed by atoms with Crippen LogP contribution in [0.4, 0.5) is 16.6 Å². The normalized spacial score (nSPS) is 24.4. The summed E-state index contributed by atoms with van der Waals surface area (Å²) < 4.78 is 7.49. The zero-order chi connectivity index (χ0) is 34.6. The highest BCUT2D eigenvalue weighted by molar-refractivity contribution is 5.86. The Morgan fingerprint density at radius 1 is 0.980 bits per heavy atom. The fourth-order valence-electron chi connectivity index (χ4n) is 6.98. The average Bonchev–Trinajstić information content (AvgIpc) is 3.95. The summed E-state index contributed by atoms with van der Waals surface area (Å²) in [5, 5.41) is 37.4. The lowest BCUT2D eigenvalue weighted by atomic mass is 9.91. The van der Waals surface area contributed by atoms with E-state index in [0.717, 1.165) is 30.6 Å². The van der Waals surface area contributed by atoms with E-state index in [4.69, 9.17) is 14.7 Å². The third kappa shape index (κ3) is 7.87. The first-order valence-electron chi connectivity index (χ1n) is 17.3. The molecule has 6 atom stereocenters. The van der Waals surface area contributed by atoms with E-state index in [0.29, 0.717) is 55.5 Å². The van der Waals surface area contributed by atoms with Crippen LogP contribution in [0, 0.1) is 0 Å². The molecule has 0 radical (unpaired) electrons. The van der Waals surface area contributed by atoms with Crippen LogP contribution < -0.4 is 31.5 Å². The van der Waals surface area contributed by atoms with Gasteiger partial charge in [0.05, 0.1) is 6.33 Å². The first-order chi connectivity index (χ1) is 24.4. The highest BCUT2D eigenvalue weighted by Gasteiger charge is 2.48. The van der Waals surface area contributed by atoms with E-state index in [1.54, 1.807) is 11.5 Å². The zero-order valence-corrected chi connectivity index (χ0v) is 29.1. The minimum Gasteiger partial charge on any atom is -0.387 e. The molecular weight excluding hydrogens is 676 g/mol. The number of likely N-dealkylation sites (N-methyl/N-ethyl adjacent to an activating group) is 1. The number of urea groups is 1. The number of aliphatic hydroxyl groups is 2. The third-order valence-corrected chi connectivity index (χ3v) is 9.61. The minimum atomic E-state index is -1.45. The van der Waals surface area contributed by atoms with Gasteiger partial charge in [0, 0.05) is 50.7 Å². The summed E-state index contributed by atoms with van der Waals surface area (Å²) in [6.45, 7) is 5.36.